The molecule has 1 aliphatic heterocycles. The van der Waals surface area contributed by atoms with Gasteiger partial charge < -0.3 is 14.8 Å². The lowest BCUT2D eigenvalue weighted by atomic mass is 9.98. The smallest absolute Gasteiger partial charge is 0.242 e. The van der Waals surface area contributed by atoms with Crippen molar-refractivity contribution < 1.29 is 4.79 Å². The van der Waals surface area contributed by atoms with Crippen LogP contribution in [0.15, 0.2) is 30.7 Å². The summed E-state index contributed by atoms with van der Waals surface area (Å²) in [6, 6.07) is 6.33. The quantitative estimate of drug-likeness (QED) is 0.938. The van der Waals surface area contributed by atoms with Crippen molar-refractivity contribution in [3.8, 4) is 11.3 Å². The number of hydrogen-bond acceptors (Lipinski definition) is 3. The lowest BCUT2D eigenvalue weighted by molar-refractivity contribution is -0.129. The minimum absolute atomic E-state index is 0.0620. The molecule has 1 amide bonds. The van der Waals surface area contributed by atoms with E-state index >= 15 is 0 Å². The molecule has 1 aromatic heterocycles. The first-order chi connectivity index (χ1) is 10.2. The number of nitrogens with one attached hydrogen (secondary N) is 1. The van der Waals surface area contributed by atoms with Gasteiger partial charge in [-0.3, -0.25) is 4.79 Å². The predicted octanol–water partition coefficient (Wildman–Crippen LogP) is 2.00. The number of fused-ring (bicyclic) bond motifs is 1. The van der Waals surface area contributed by atoms with Crippen LogP contribution in [-0.2, 0) is 17.8 Å². The van der Waals surface area contributed by atoms with E-state index < -0.39 is 0 Å². The molecule has 0 fully saturated rings. The van der Waals surface area contributed by atoms with Gasteiger partial charge in [-0.25, -0.2) is 4.98 Å². The Labute approximate surface area is 124 Å². The summed E-state index contributed by atoms with van der Waals surface area (Å²) in [7, 11) is 3.54. The van der Waals surface area contributed by atoms with Crippen LogP contribution in [0.1, 0.15) is 12.0 Å². The van der Waals surface area contributed by atoms with Gasteiger partial charge in [0.15, 0.2) is 0 Å². The Morgan fingerprint density at radius 2 is 2.29 bits per heavy atom. The van der Waals surface area contributed by atoms with E-state index in [9.17, 15) is 4.79 Å². The van der Waals surface area contributed by atoms with Crippen molar-refractivity contribution in [2.45, 2.75) is 19.4 Å². The van der Waals surface area contributed by atoms with E-state index in [1.165, 1.54) is 11.3 Å². The summed E-state index contributed by atoms with van der Waals surface area (Å²) in [5.74, 6) is 0.0620. The fourth-order valence-electron chi connectivity index (χ4n) is 2.68. The normalized spacial score (nSPS) is 13.4. The second-order valence-corrected chi connectivity index (χ2v) is 5.56. The number of imidazole rings is 1. The minimum Gasteiger partial charge on any atom is -0.384 e. The second kappa shape index (κ2) is 5.60. The maximum absolute atomic E-state index is 11.9. The van der Waals surface area contributed by atoms with Gasteiger partial charge in [0.1, 0.15) is 6.54 Å². The van der Waals surface area contributed by atoms with Crippen LogP contribution in [-0.4, -0.2) is 41.0 Å². The standard InChI is InChI=1S/C16H20N4O/c1-19(2)15(21)10-20-11-17-9-14(20)13-7-3-5-12-6-4-8-18-16(12)13/h3,5,7,9,11,18H,4,6,8,10H2,1-2H3. The third-order valence-electron chi connectivity index (χ3n) is 3.87. The van der Waals surface area contributed by atoms with Gasteiger partial charge in [-0.1, -0.05) is 18.2 Å². The monoisotopic (exact) mass is 284 g/mol. The molecule has 5 nitrogen and oxygen atoms in total. The molecule has 1 N–H and O–H groups in total. The predicted molar refractivity (Wildman–Crippen MR) is 83.2 cm³/mol. The van der Waals surface area contributed by atoms with Crippen LogP contribution < -0.4 is 5.32 Å². The molecule has 0 aliphatic carbocycles. The van der Waals surface area contributed by atoms with Crippen LogP contribution >= 0.6 is 0 Å². The molecule has 2 heterocycles. The molecule has 0 bridgehead atoms. The van der Waals surface area contributed by atoms with E-state index in [0.29, 0.717) is 6.54 Å². The number of aromatic nitrogens is 2. The van der Waals surface area contributed by atoms with Crippen molar-refractivity contribution in [2.24, 2.45) is 0 Å². The third-order valence-corrected chi connectivity index (χ3v) is 3.87. The van der Waals surface area contributed by atoms with Gasteiger partial charge in [0.05, 0.1) is 18.2 Å². The lowest BCUT2D eigenvalue weighted by Crippen LogP contribution is -2.26. The van der Waals surface area contributed by atoms with Gasteiger partial charge in [-0.05, 0) is 18.4 Å². The first-order valence-corrected chi connectivity index (χ1v) is 7.23. The van der Waals surface area contributed by atoms with Crippen LogP contribution in [0.25, 0.3) is 11.3 Å². The molecule has 0 spiro atoms. The number of nitrogens with zero attached hydrogens (tertiary/aromatic N) is 3. The molecular formula is C16H20N4O. The number of rotatable bonds is 3. The average Bonchev–Trinajstić information content (AvgIpc) is 2.94. The molecule has 21 heavy (non-hydrogen) atoms. The van der Waals surface area contributed by atoms with E-state index in [1.807, 2.05) is 10.8 Å². The minimum atomic E-state index is 0.0620. The van der Waals surface area contributed by atoms with Crippen LogP contribution in [0, 0.1) is 0 Å². The van der Waals surface area contributed by atoms with Crippen molar-refractivity contribution in [3.63, 3.8) is 0 Å². The van der Waals surface area contributed by atoms with Gasteiger partial charge in [-0.2, -0.15) is 0 Å². The molecule has 0 saturated heterocycles. The Morgan fingerprint density at radius 3 is 3.10 bits per heavy atom. The molecule has 5 heteroatoms. The van der Waals surface area contributed by atoms with Gasteiger partial charge >= 0.3 is 0 Å². The zero-order valence-corrected chi connectivity index (χ0v) is 12.5. The molecule has 1 aromatic carbocycles. The highest BCUT2D eigenvalue weighted by Gasteiger charge is 2.17. The van der Waals surface area contributed by atoms with Gasteiger partial charge in [-0.15, -0.1) is 0 Å². The number of anilines is 1. The molecule has 0 radical (unpaired) electrons. The van der Waals surface area contributed by atoms with E-state index in [0.717, 1.165) is 30.6 Å². The molecule has 2 aromatic rings. The van der Waals surface area contributed by atoms with Gasteiger partial charge in [0, 0.05) is 31.9 Å². The number of amides is 1. The van der Waals surface area contributed by atoms with Gasteiger partial charge in [0.25, 0.3) is 0 Å². The summed E-state index contributed by atoms with van der Waals surface area (Å²) in [5.41, 5.74) is 4.63. The fourth-order valence-corrected chi connectivity index (χ4v) is 2.68. The number of hydrogen-bond donors (Lipinski definition) is 1. The highest BCUT2D eigenvalue weighted by Crippen LogP contribution is 2.33. The SMILES string of the molecule is CN(C)C(=O)Cn1cncc1-c1cccc2c1NCCC2. The van der Waals surface area contributed by atoms with Gasteiger partial charge in [0.2, 0.25) is 5.91 Å². The largest absolute Gasteiger partial charge is 0.384 e. The van der Waals surface area contributed by atoms with E-state index in [1.54, 1.807) is 25.3 Å². The molecule has 110 valence electrons. The fraction of sp³-hybridized carbons (Fsp3) is 0.375. The number of aryl methyl sites for hydroxylation is 1. The third kappa shape index (κ3) is 2.63. The molecule has 0 atom stereocenters. The number of carbonyl (C=O) groups excluding carboxylic acids is 1. The number of para-hydroxylation sites is 1. The van der Waals surface area contributed by atoms with Crippen molar-refractivity contribution in [1.29, 1.82) is 0 Å². The Hall–Kier alpha value is -2.30. The van der Waals surface area contributed by atoms with E-state index in [-0.39, 0.29) is 5.91 Å². The van der Waals surface area contributed by atoms with Crippen LogP contribution in [0.5, 0.6) is 0 Å². The van der Waals surface area contributed by atoms with Crippen LogP contribution in [0.4, 0.5) is 5.69 Å². The van der Waals surface area contributed by atoms with Crippen LogP contribution in [0.3, 0.4) is 0 Å². The second-order valence-electron chi connectivity index (χ2n) is 5.56. The van der Waals surface area contributed by atoms with E-state index in [2.05, 4.69) is 28.5 Å². The Balaban J connectivity index is 1.99. The maximum Gasteiger partial charge on any atom is 0.242 e. The lowest BCUT2D eigenvalue weighted by Gasteiger charge is -2.22. The van der Waals surface area contributed by atoms with Crippen molar-refractivity contribution >= 4 is 11.6 Å². The Kier molecular flexibility index (Phi) is 3.64. The van der Waals surface area contributed by atoms with E-state index in [4.69, 9.17) is 0 Å². The summed E-state index contributed by atoms with van der Waals surface area (Å²) < 4.78 is 1.91. The highest BCUT2D eigenvalue weighted by atomic mass is 16.2. The summed E-state index contributed by atoms with van der Waals surface area (Å²) in [6.07, 6.45) is 5.81. The number of benzene rings is 1. The van der Waals surface area contributed by atoms with Crippen molar-refractivity contribution in [3.05, 3.63) is 36.3 Å². The zero-order chi connectivity index (χ0) is 14.8. The first kappa shape index (κ1) is 13.7. The zero-order valence-electron chi connectivity index (χ0n) is 12.5. The summed E-state index contributed by atoms with van der Waals surface area (Å²) in [4.78, 5) is 17.8. The Morgan fingerprint density at radius 1 is 1.43 bits per heavy atom. The molecule has 1 aliphatic rings. The number of likely N-dealkylation sites (N-methyl/N-ethyl adjacent to an activating group) is 1. The maximum atomic E-state index is 11.9. The highest BCUT2D eigenvalue weighted by molar-refractivity contribution is 5.81. The molecule has 0 unspecified atom stereocenters. The average molecular weight is 284 g/mol. The van der Waals surface area contributed by atoms with Crippen molar-refractivity contribution in [1.82, 2.24) is 14.5 Å². The summed E-state index contributed by atoms with van der Waals surface area (Å²) in [5, 5.41) is 3.49. The Bertz CT molecular complexity index is 660. The first-order valence-electron chi connectivity index (χ1n) is 7.23. The molecular weight excluding hydrogens is 264 g/mol. The summed E-state index contributed by atoms with van der Waals surface area (Å²) in [6.45, 7) is 1.31. The van der Waals surface area contributed by atoms with Crippen LogP contribution in [0.2, 0.25) is 0 Å². The van der Waals surface area contributed by atoms with Crippen molar-refractivity contribution in [2.75, 3.05) is 26.0 Å². The summed E-state index contributed by atoms with van der Waals surface area (Å²) >= 11 is 0. The molecule has 3 rings (SSSR count). The topological polar surface area (TPSA) is 50.2 Å². The molecule has 0 saturated carbocycles. The number of carbonyl (C=O) groups is 1.